The first kappa shape index (κ1) is 13.9. The molecule has 2 fully saturated rings. The van der Waals surface area contributed by atoms with E-state index in [1.54, 1.807) is 0 Å². The molecule has 3 nitrogen and oxygen atoms in total. The number of hydrogen-bond acceptors (Lipinski definition) is 2. The van der Waals surface area contributed by atoms with Crippen LogP contribution < -0.4 is 11.1 Å². The van der Waals surface area contributed by atoms with Crippen molar-refractivity contribution in [3.63, 3.8) is 0 Å². The van der Waals surface area contributed by atoms with Crippen LogP contribution in [0.4, 0.5) is 0 Å². The quantitative estimate of drug-likeness (QED) is 0.789. The second kappa shape index (κ2) is 7.13. The van der Waals surface area contributed by atoms with E-state index < -0.39 is 0 Å². The third-order valence-electron chi connectivity index (χ3n) is 4.81. The van der Waals surface area contributed by atoms with Gasteiger partial charge in [0, 0.05) is 12.5 Å². The number of carbonyl (C=O) groups excluding carboxylic acids is 1. The van der Waals surface area contributed by atoms with E-state index in [2.05, 4.69) is 5.32 Å². The zero-order chi connectivity index (χ0) is 12.8. The molecule has 0 aromatic heterocycles. The van der Waals surface area contributed by atoms with E-state index in [4.69, 9.17) is 5.73 Å². The maximum atomic E-state index is 12.1. The van der Waals surface area contributed by atoms with E-state index in [1.165, 1.54) is 44.9 Å². The summed E-state index contributed by atoms with van der Waals surface area (Å²) in [6.45, 7) is 1.62. The highest BCUT2D eigenvalue weighted by Crippen LogP contribution is 2.29. The van der Waals surface area contributed by atoms with Gasteiger partial charge in [0.1, 0.15) is 0 Å². The van der Waals surface area contributed by atoms with Gasteiger partial charge >= 0.3 is 0 Å². The van der Waals surface area contributed by atoms with Crippen molar-refractivity contribution < 1.29 is 4.79 Å². The second-order valence-corrected chi connectivity index (χ2v) is 6.20. The number of hydrogen-bond donors (Lipinski definition) is 2. The van der Waals surface area contributed by atoms with E-state index in [-0.39, 0.29) is 11.8 Å². The van der Waals surface area contributed by atoms with Crippen LogP contribution in [0.5, 0.6) is 0 Å². The topological polar surface area (TPSA) is 55.1 Å². The summed E-state index contributed by atoms with van der Waals surface area (Å²) in [5.41, 5.74) is 5.72. The Kier molecular flexibility index (Phi) is 5.48. The zero-order valence-electron chi connectivity index (χ0n) is 11.5. The molecule has 2 atom stereocenters. The lowest BCUT2D eigenvalue weighted by atomic mass is 9.81. The van der Waals surface area contributed by atoms with Gasteiger partial charge in [-0.25, -0.2) is 0 Å². The van der Waals surface area contributed by atoms with Gasteiger partial charge in [0.05, 0.1) is 0 Å². The molecule has 0 radical (unpaired) electrons. The summed E-state index contributed by atoms with van der Waals surface area (Å²) in [4.78, 5) is 12.1. The molecule has 0 aliphatic heterocycles. The molecule has 18 heavy (non-hydrogen) atoms. The average molecular weight is 252 g/mol. The molecule has 0 heterocycles. The van der Waals surface area contributed by atoms with Crippen LogP contribution in [0.1, 0.15) is 57.8 Å². The van der Waals surface area contributed by atoms with Gasteiger partial charge in [-0.2, -0.15) is 0 Å². The minimum Gasteiger partial charge on any atom is -0.356 e. The van der Waals surface area contributed by atoms with Gasteiger partial charge in [-0.05, 0) is 44.1 Å². The van der Waals surface area contributed by atoms with Gasteiger partial charge in [-0.15, -0.1) is 0 Å². The Bertz CT molecular complexity index is 261. The van der Waals surface area contributed by atoms with Crippen molar-refractivity contribution in [2.75, 3.05) is 13.1 Å². The lowest BCUT2D eigenvalue weighted by Crippen LogP contribution is -2.36. The minimum atomic E-state index is 0.232. The summed E-state index contributed by atoms with van der Waals surface area (Å²) in [5.74, 6) is 1.96. The van der Waals surface area contributed by atoms with Crippen LogP contribution in [0.3, 0.4) is 0 Å². The summed E-state index contributed by atoms with van der Waals surface area (Å²) in [6, 6.07) is 0. The molecule has 0 bridgehead atoms. The Balaban J connectivity index is 1.64. The molecule has 104 valence electrons. The molecule has 2 rings (SSSR count). The Morgan fingerprint density at radius 1 is 1.06 bits per heavy atom. The van der Waals surface area contributed by atoms with Gasteiger partial charge < -0.3 is 11.1 Å². The highest BCUT2D eigenvalue weighted by molar-refractivity contribution is 5.78. The molecule has 0 saturated heterocycles. The normalized spacial score (nSPS) is 29.4. The Labute approximate surface area is 111 Å². The second-order valence-electron chi connectivity index (χ2n) is 6.20. The van der Waals surface area contributed by atoms with E-state index in [0.717, 1.165) is 31.8 Å². The Morgan fingerprint density at radius 2 is 1.78 bits per heavy atom. The van der Waals surface area contributed by atoms with Gasteiger partial charge in [0.15, 0.2) is 0 Å². The highest BCUT2D eigenvalue weighted by Gasteiger charge is 2.26. The average Bonchev–Trinajstić information content (AvgIpc) is 2.92. The predicted molar refractivity (Wildman–Crippen MR) is 74.1 cm³/mol. The smallest absolute Gasteiger partial charge is 0.223 e. The van der Waals surface area contributed by atoms with Crippen molar-refractivity contribution >= 4 is 5.91 Å². The number of nitrogens with one attached hydrogen (secondary N) is 1. The van der Waals surface area contributed by atoms with Crippen molar-refractivity contribution in [2.45, 2.75) is 57.8 Å². The fraction of sp³-hybridized carbons (Fsp3) is 0.933. The van der Waals surface area contributed by atoms with E-state index in [1.807, 2.05) is 0 Å². The van der Waals surface area contributed by atoms with Gasteiger partial charge in [-0.3, -0.25) is 4.79 Å². The van der Waals surface area contributed by atoms with E-state index in [9.17, 15) is 4.79 Å². The first-order chi connectivity index (χ1) is 8.79. The van der Waals surface area contributed by atoms with Crippen molar-refractivity contribution in [1.82, 2.24) is 5.32 Å². The molecular formula is C15H28N2O. The van der Waals surface area contributed by atoms with Gasteiger partial charge in [-0.1, -0.05) is 32.1 Å². The summed E-state index contributed by atoms with van der Waals surface area (Å²) < 4.78 is 0. The maximum Gasteiger partial charge on any atom is 0.223 e. The maximum absolute atomic E-state index is 12.1. The fourth-order valence-electron chi connectivity index (χ4n) is 3.59. The highest BCUT2D eigenvalue weighted by atomic mass is 16.1. The van der Waals surface area contributed by atoms with Crippen LogP contribution in [0.25, 0.3) is 0 Å². The monoisotopic (exact) mass is 252 g/mol. The zero-order valence-corrected chi connectivity index (χ0v) is 11.5. The van der Waals surface area contributed by atoms with Crippen molar-refractivity contribution in [2.24, 2.45) is 23.5 Å². The molecule has 0 aromatic carbocycles. The summed E-state index contributed by atoms with van der Waals surface area (Å²) in [5, 5.41) is 3.14. The largest absolute Gasteiger partial charge is 0.356 e. The lowest BCUT2D eigenvalue weighted by molar-refractivity contribution is -0.126. The molecule has 2 aliphatic rings. The number of rotatable bonds is 5. The molecule has 0 spiro atoms. The summed E-state index contributed by atoms with van der Waals surface area (Å²) in [6.07, 6.45) is 11.1. The molecule has 2 unspecified atom stereocenters. The SMILES string of the molecule is NCC1CCCC(C(=O)NCCC2CCCC2)C1. The number of carbonyl (C=O) groups is 1. The lowest BCUT2D eigenvalue weighted by Gasteiger charge is -2.27. The summed E-state index contributed by atoms with van der Waals surface area (Å²) >= 11 is 0. The molecule has 3 heteroatoms. The number of amides is 1. The molecular weight excluding hydrogens is 224 g/mol. The Hall–Kier alpha value is -0.570. The van der Waals surface area contributed by atoms with Crippen LogP contribution in [0, 0.1) is 17.8 Å². The predicted octanol–water partition coefficient (Wildman–Crippen LogP) is 2.45. The van der Waals surface area contributed by atoms with Crippen molar-refractivity contribution in [3.8, 4) is 0 Å². The molecule has 3 N–H and O–H groups in total. The molecule has 1 amide bonds. The molecule has 2 aliphatic carbocycles. The first-order valence-corrected chi connectivity index (χ1v) is 7.77. The van der Waals surface area contributed by atoms with Crippen molar-refractivity contribution in [1.29, 1.82) is 0 Å². The van der Waals surface area contributed by atoms with Gasteiger partial charge in [0.25, 0.3) is 0 Å². The molecule has 0 aromatic rings. The third kappa shape index (κ3) is 3.98. The number of nitrogens with two attached hydrogens (primary N) is 1. The van der Waals surface area contributed by atoms with E-state index in [0.29, 0.717) is 5.92 Å². The van der Waals surface area contributed by atoms with Crippen LogP contribution >= 0.6 is 0 Å². The Morgan fingerprint density at radius 3 is 2.50 bits per heavy atom. The van der Waals surface area contributed by atoms with Crippen molar-refractivity contribution in [3.05, 3.63) is 0 Å². The van der Waals surface area contributed by atoms with Crippen LogP contribution in [-0.4, -0.2) is 19.0 Å². The summed E-state index contributed by atoms with van der Waals surface area (Å²) in [7, 11) is 0. The van der Waals surface area contributed by atoms with E-state index >= 15 is 0 Å². The van der Waals surface area contributed by atoms with Crippen LogP contribution in [0.15, 0.2) is 0 Å². The standard InChI is InChI=1S/C15H28N2O/c16-11-13-6-3-7-14(10-13)15(18)17-9-8-12-4-1-2-5-12/h12-14H,1-11,16H2,(H,17,18). The third-order valence-corrected chi connectivity index (χ3v) is 4.81. The van der Waals surface area contributed by atoms with Gasteiger partial charge in [0.2, 0.25) is 5.91 Å². The minimum absolute atomic E-state index is 0.232. The first-order valence-electron chi connectivity index (χ1n) is 7.77. The van der Waals surface area contributed by atoms with Crippen LogP contribution in [0.2, 0.25) is 0 Å². The van der Waals surface area contributed by atoms with Crippen LogP contribution in [-0.2, 0) is 4.79 Å². The molecule has 2 saturated carbocycles. The fourth-order valence-corrected chi connectivity index (χ4v) is 3.59.